The van der Waals surface area contributed by atoms with Crippen LogP contribution in [0.15, 0.2) is 28.5 Å². The summed E-state index contributed by atoms with van der Waals surface area (Å²) in [6, 6.07) is 4.90. The lowest BCUT2D eigenvalue weighted by Gasteiger charge is -1.94. The van der Waals surface area contributed by atoms with Gasteiger partial charge in [-0.1, -0.05) is 12.1 Å². The van der Waals surface area contributed by atoms with Crippen LogP contribution in [0.5, 0.6) is 0 Å². The Morgan fingerprint density at radius 1 is 1.47 bits per heavy atom. The number of aromatic nitrogens is 2. The van der Waals surface area contributed by atoms with Crippen LogP contribution >= 0.6 is 0 Å². The molecule has 0 atom stereocenters. The predicted octanol–water partition coefficient (Wildman–Crippen LogP) is 1.43. The smallest absolute Gasteiger partial charge is 0.288 e. The summed E-state index contributed by atoms with van der Waals surface area (Å²) in [4.78, 5) is 21.0. The number of allylic oxidation sites excluding steroid dienone is 1. The highest BCUT2D eigenvalue weighted by molar-refractivity contribution is 5.97. The van der Waals surface area contributed by atoms with E-state index in [4.69, 9.17) is 0 Å². The lowest BCUT2D eigenvalue weighted by Crippen LogP contribution is -2.07. The Balaban J connectivity index is 2.60. The fourth-order valence-corrected chi connectivity index (χ4v) is 1.37. The van der Waals surface area contributed by atoms with Gasteiger partial charge in [-0.15, -0.1) is 0 Å². The lowest BCUT2D eigenvalue weighted by molar-refractivity contribution is -0.417. The summed E-state index contributed by atoms with van der Waals surface area (Å²) >= 11 is 0. The van der Waals surface area contributed by atoms with Crippen LogP contribution in [0.3, 0.4) is 0 Å². The first-order valence-electron chi connectivity index (χ1n) is 4.68. The first-order valence-corrected chi connectivity index (χ1v) is 4.68. The van der Waals surface area contributed by atoms with Crippen LogP contribution in [-0.2, 0) is 4.79 Å². The van der Waals surface area contributed by atoms with E-state index >= 15 is 0 Å². The van der Waals surface area contributed by atoms with Crippen molar-refractivity contribution in [2.75, 3.05) is 0 Å². The molecule has 7 nitrogen and oxygen atoms in total. The van der Waals surface area contributed by atoms with E-state index in [0.29, 0.717) is 16.6 Å². The summed E-state index contributed by atoms with van der Waals surface area (Å²) in [6.07, 6.45) is 1.16. The number of hydrogen-bond acceptors (Lipinski definition) is 6. The molecule has 0 spiro atoms. The van der Waals surface area contributed by atoms with Gasteiger partial charge in [0.15, 0.2) is 0 Å². The Morgan fingerprint density at radius 2 is 2.24 bits per heavy atom. The number of nitrogens with zero attached hydrogens (tertiary/aromatic N) is 3. The molecule has 0 saturated heterocycles. The number of fused-ring (bicyclic) bond motifs is 1. The maximum Gasteiger partial charge on any atom is 0.312 e. The van der Waals surface area contributed by atoms with Crippen molar-refractivity contribution in [1.82, 2.24) is 10.3 Å². The lowest BCUT2D eigenvalue weighted by atomic mass is 10.1. The fraction of sp³-hybridized carbons (Fsp3) is 0.100. The first-order chi connectivity index (χ1) is 8.09. The molecular weight excluding hydrogens is 226 g/mol. The van der Waals surface area contributed by atoms with Crippen molar-refractivity contribution in [3.63, 3.8) is 0 Å². The van der Waals surface area contributed by atoms with Gasteiger partial charge in [0, 0.05) is 18.6 Å². The van der Waals surface area contributed by atoms with Crippen molar-refractivity contribution in [2.45, 2.75) is 6.92 Å². The van der Waals surface area contributed by atoms with Gasteiger partial charge in [0.1, 0.15) is 11.0 Å². The van der Waals surface area contributed by atoms with Crippen molar-refractivity contribution in [1.29, 1.82) is 0 Å². The number of benzene rings is 1. The SMILES string of the molecule is CC(=O)C(=Cc1cccc2nonc12)[N+](=O)[O-]. The van der Waals surface area contributed by atoms with Crippen LogP contribution in [-0.4, -0.2) is 21.0 Å². The van der Waals surface area contributed by atoms with Crippen molar-refractivity contribution in [2.24, 2.45) is 0 Å². The molecule has 0 aliphatic heterocycles. The van der Waals surface area contributed by atoms with Crippen molar-refractivity contribution in [3.05, 3.63) is 39.6 Å². The zero-order valence-electron chi connectivity index (χ0n) is 8.78. The Morgan fingerprint density at radius 3 is 2.88 bits per heavy atom. The average molecular weight is 233 g/mol. The molecule has 17 heavy (non-hydrogen) atoms. The molecule has 0 aliphatic carbocycles. The maximum absolute atomic E-state index is 11.1. The van der Waals surface area contributed by atoms with Crippen LogP contribution in [0, 0.1) is 10.1 Å². The van der Waals surface area contributed by atoms with Gasteiger partial charge in [-0.05, 0) is 16.4 Å². The third-order valence-electron chi connectivity index (χ3n) is 2.17. The van der Waals surface area contributed by atoms with Crippen LogP contribution in [0.1, 0.15) is 12.5 Å². The number of rotatable bonds is 3. The van der Waals surface area contributed by atoms with Gasteiger partial charge in [-0.2, -0.15) is 0 Å². The number of Topliss-reactive ketones (excluding diaryl/α,β-unsaturated/α-hetero) is 1. The molecule has 0 saturated carbocycles. The van der Waals surface area contributed by atoms with E-state index in [-0.39, 0.29) is 0 Å². The zero-order chi connectivity index (χ0) is 12.4. The van der Waals surface area contributed by atoms with E-state index in [1.165, 1.54) is 0 Å². The summed E-state index contributed by atoms with van der Waals surface area (Å²) in [5.74, 6) is -0.622. The summed E-state index contributed by atoms with van der Waals surface area (Å²) in [7, 11) is 0. The van der Waals surface area contributed by atoms with E-state index in [1.54, 1.807) is 18.2 Å². The van der Waals surface area contributed by atoms with Gasteiger partial charge in [0.05, 0.1) is 4.92 Å². The Hall–Kier alpha value is -2.57. The fourth-order valence-electron chi connectivity index (χ4n) is 1.37. The van der Waals surface area contributed by atoms with Crippen LogP contribution in [0.2, 0.25) is 0 Å². The molecule has 2 rings (SSSR count). The largest absolute Gasteiger partial charge is 0.312 e. The summed E-state index contributed by atoms with van der Waals surface area (Å²) in [5, 5.41) is 17.9. The molecule has 1 heterocycles. The number of carbonyl (C=O) groups is 1. The molecular formula is C10H7N3O4. The van der Waals surface area contributed by atoms with E-state index < -0.39 is 16.4 Å². The molecule has 0 N–H and O–H groups in total. The Bertz CT molecular complexity index is 613. The molecule has 1 aromatic heterocycles. The molecule has 2 aromatic rings. The van der Waals surface area contributed by atoms with E-state index in [2.05, 4.69) is 14.9 Å². The highest BCUT2D eigenvalue weighted by Gasteiger charge is 2.18. The zero-order valence-corrected chi connectivity index (χ0v) is 8.78. The summed E-state index contributed by atoms with van der Waals surface area (Å²) < 4.78 is 4.52. The van der Waals surface area contributed by atoms with E-state index in [1.807, 2.05) is 0 Å². The topological polar surface area (TPSA) is 99.1 Å². The molecule has 0 bridgehead atoms. The molecule has 7 heteroatoms. The minimum Gasteiger partial charge on any atom is -0.288 e. The van der Waals surface area contributed by atoms with E-state index in [9.17, 15) is 14.9 Å². The quantitative estimate of drug-likeness (QED) is 0.451. The van der Waals surface area contributed by atoms with Crippen molar-refractivity contribution >= 4 is 22.9 Å². The average Bonchev–Trinajstić information content (AvgIpc) is 2.73. The standard InChI is InChI=1S/C10H7N3O4/c1-6(14)9(13(15)16)5-7-3-2-4-8-10(7)12-17-11-8/h2-5H,1H3. The predicted molar refractivity (Wildman–Crippen MR) is 57.5 cm³/mol. The summed E-state index contributed by atoms with van der Waals surface area (Å²) in [5.41, 5.74) is 0.782. The second-order valence-corrected chi connectivity index (χ2v) is 3.32. The van der Waals surface area contributed by atoms with Gasteiger partial charge in [-0.25, -0.2) is 4.63 Å². The molecule has 0 amide bonds. The minimum absolute atomic E-state index is 0.383. The Labute approximate surface area is 94.8 Å². The third kappa shape index (κ3) is 2.03. The highest BCUT2D eigenvalue weighted by Crippen LogP contribution is 2.18. The molecule has 86 valence electrons. The third-order valence-corrected chi connectivity index (χ3v) is 2.17. The molecule has 0 unspecified atom stereocenters. The number of carbonyl (C=O) groups excluding carboxylic acids is 1. The number of hydrogen-bond donors (Lipinski definition) is 0. The normalized spacial score (nSPS) is 11.7. The Kier molecular flexibility index (Phi) is 2.65. The molecule has 1 aromatic carbocycles. The van der Waals surface area contributed by atoms with Crippen molar-refractivity contribution in [3.8, 4) is 0 Å². The monoisotopic (exact) mass is 233 g/mol. The van der Waals surface area contributed by atoms with Crippen LogP contribution < -0.4 is 0 Å². The van der Waals surface area contributed by atoms with Gasteiger partial charge < -0.3 is 0 Å². The molecule has 0 radical (unpaired) electrons. The molecule has 0 aliphatic rings. The second-order valence-electron chi connectivity index (χ2n) is 3.32. The number of nitro groups is 1. The minimum atomic E-state index is -0.728. The van der Waals surface area contributed by atoms with Gasteiger partial charge in [0.25, 0.3) is 0 Å². The van der Waals surface area contributed by atoms with Crippen molar-refractivity contribution < 1.29 is 14.3 Å². The molecule has 0 fully saturated rings. The van der Waals surface area contributed by atoms with Gasteiger partial charge in [-0.3, -0.25) is 14.9 Å². The maximum atomic E-state index is 11.1. The first kappa shape index (κ1) is 10.9. The van der Waals surface area contributed by atoms with Crippen LogP contribution in [0.4, 0.5) is 0 Å². The van der Waals surface area contributed by atoms with Gasteiger partial charge in [0.2, 0.25) is 5.78 Å². The van der Waals surface area contributed by atoms with Crippen LogP contribution in [0.25, 0.3) is 17.1 Å². The highest BCUT2D eigenvalue weighted by atomic mass is 16.6. The van der Waals surface area contributed by atoms with Gasteiger partial charge >= 0.3 is 5.70 Å². The van der Waals surface area contributed by atoms with E-state index in [0.717, 1.165) is 13.0 Å². The summed E-state index contributed by atoms with van der Waals surface area (Å²) in [6.45, 7) is 1.13. The second kappa shape index (κ2) is 4.12. The number of ketones is 1.